The van der Waals surface area contributed by atoms with E-state index in [1.165, 1.54) is 24.0 Å². The number of benzene rings is 1. The molecule has 0 aliphatic carbocycles. The van der Waals surface area contributed by atoms with Gasteiger partial charge in [0.25, 0.3) is 5.91 Å². The monoisotopic (exact) mass is 338 g/mol. The van der Waals surface area contributed by atoms with Gasteiger partial charge < -0.3 is 10.2 Å². The molecule has 0 bridgehead atoms. The van der Waals surface area contributed by atoms with Crippen LogP contribution >= 0.6 is 0 Å². The van der Waals surface area contributed by atoms with E-state index in [1.54, 1.807) is 6.07 Å². The fraction of sp³-hybridized carbons (Fsp3) is 0.450. The topological polar surface area (TPSA) is 58.1 Å². The second-order valence-electron chi connectivity index (χ2n) is 6.82. The van der Waals surface area contributed by atoms with Crippen LogP contribution in [-0.4, -0.2) is 33.9 Å². The number of nitrogens with zero attached hydrogens (tertiary/aromatic N) is 3. The normalized spacial score (nSPS) is 14.9. The Bertz CT molecular complexity index is 764. The number of aromatic nitrogens is 2. The van der Waals surface area contributed by atoms with Gasteiger partial charge in [-0.15, -0.1) is 0 Å². The van der Waals surface area contributed by atoms with Crippen molar-refractivity contribution < 1.29 is 4.79 Å². The highest BCUT2D eigenvalue weighted by Gasteiger charge is 2.19. The van der Waals surface area contributed by atoms with Crippen LogP contribution in [-0.2, 0) is 0 Å². The number of hydrogen-bond acceptors (Lipinski definition) is 4. The number of aryl methyl sites for hydroxylation is 3. The number of hydrogen-bond donors (Lipinski definition) is 1. The molecule has 5 nitrogen and oxygen atoms in total. The lowest BCUT2D eigenvalue weighted by Crippen LogP contribution is -2.32. The average Bonchev–Trinajstić information content (AvgIpc) is 2.86. The molecule has 0 saturated carbocycles. The smallest absolute Gasteiger partial charge is 0.272 e. The Kier molecular flexibility index (Phi) is 5.31. The van der Waals surface area contributed by atoms with Crippen LogP contribution in [0.25, 0.3) is 0 Å². The fourth-order valence-electron chi connectivity index (χ4n) is 3.14. The highest BCUT2D eigenvalue weighted by atomic mass is 16.2. The minimum atomic E-state index is 0.00976. The van der Waals surface area contributed by atoms with Crippen molar-refractivity contribution in [2.75, 3.05) is 18.4 Å². The minimum Gasteiger partial charge on any atom is -0.340 e. The molecule has 2 aromatic rings. The molecular weight excluding hydrogens is 312 g/mol. The summed E-state index contributed by atoms with van der Waals surface area (Å²) in [5, 5.41) is 3.30. The van der Waals surface area contributed by atoms with Crippen molar-refractivity contribution in [3.05, 3.63) is 46.9 Å². The standard InChI is InChI=1S/C20H26N4O/c1-14-8-9-17(12-15(14)2)23-19-13-18(21-16(3)22-19)20(25)24-10-6-4-5-7-11-24/h8-9,12-13H,4-7,10-11H2,1-3H3,(H,21,22,23). The third-order valence-corrected chi connectivity index (χ3v) is 4.73. The van der Waals surface area contributed by atoms with E-state index in [1.807, 2.05) is 17.9 Å². The Morgan fingerprint density at radius 3 is 2.36 bits per heavy atom. The maximum absolute atomic E-state index is 12.8. The van der Waals surface area contributed by atoms with Crippen LogP contribution in [0.5, 0.6) is 0 Å². The van der Waals surface area contributed by atoms with E-state index >= 15 is 0 Å². The van der Waals surface area contributed by atoms with Gasteiger partial charge in [0.15, 0.2) is 0 Å². The Morgan fingerprint density at radius 1 is 0.960 bits per heavy atom. The van der Waals surface area contributed by atoms with Crippen LogP contribution in [0, 0.1) is 20.8 Å². The summed E-state index contributed by atoms with van der Waals surface area (Å²) in [6.45, 7) is 7.64. The Balaban J connectivity index is 1.82. The number of anilines is 2. The molecule has 132 valence electrons. The molecule has 0 unspecified atom stereocenters. The zero-order chi connectivity index (χ0) is 17.8. The van der Waals surface area contributed by atoms with Crippen molar-refractivity contribution in [3.8, 4) is 0 Å². The summed E-state index contributed by atoms with van der Waals surface area (Å²) in [5.41, 5.74) is 3.91. The van der Waals surface area contributed by atoms with E-state index in [4.69, 9.17) is 0 Å². The van der Waals surface area contributed by atoms with Gasteiger partial charge in [-0.25, -0.2) is 9.97 Å². The zero-order valence-corrected chi connectivity index (χ0v) is 15.3. The van der Waals surface area contributed by atoms with E-state index in [0.29, 0.717) is 17.3 Å². The summed E-state index contributed by atoms with van der Waals surface area (Å²) in [5.74, 6) is 1.27. The van der Waals surface area contributed by atoms with Gasteiger partial charge in [0.05, 0.1) is 0 Å². The molecule has 1 aromatic heterocycles. The molecule has 0 atom stereocenters. The molecule has 0 spiro atoms. The van der Waals surface area contributed by atoms with E-state index < -0.39 is 0 Å². The van der Waals surface area contributed by atoms with Gasteiger partial charge in [0, 0.05) is 24.8 Å². The molecule has 1 saturated heterocycles. The third-order valence-electron chi connectivity index (χ3n) is 4.73. The Morgan fingerprint density at radius 2 is 1.68 bits per heavy atom. The largest absolute Gasteiger partial charge is 0.340 e. The van der Waals surface area contributed by atoms with Gasteiger partial charge in [0.1, 0.15) is 17.3 Å². The second kappa shape index (κ2) is 7.64. The molecule has 1 aliphatic rings. The predicted molar refractivity (Wildman–Crippen MR) is 100 cm³/mol. The molecule has 1 aliphatic heterocycles. The molecule has 25 heavy (non-hydrogen) atoms. The predicted octanol–water partition coefficient (Wildman–Crippen LogP) is 4.16. The Hall–Kier alpha value is -2.43. The molecule has 5 heteroatoms. The molecule has 2 heterocycles. The summed E-state index contributed by atoms with van der Waals surface area (Å²) in [4.78, 5) is 23.5. The van der Waals surface area contributed by atoms with E-state index in [-0.39, 0.29) is 5.91 Å². The quantitative estimate of drug-likeness (QED) is 0.913. The highest BCUT2D eigenvalue weighted by molar-refractivity contribution is 5.93. The van der Waals surface area contributed by atoms with E-state index in [0.717, 1.165) is 31.6 Å². The van der Waals surface area contributed by atoms with Crippen molar-refractivity contribution in [3.63, 3.8) is 0 Å². The molecule has 1 N–H and O–H groups in total. The van der Waals surface area contributed by atoms with Crippen LogP contribution in [0.3, 0.4) is 0 Å². The Labute approximate surface area is 149 Å². The van der Waals surface area contributed by atoms with Crippen LogP contribution in [0.15, 0.2) is 24.3 Å². The second-order valence-corrected chi connectivity index (χ2v) is 6.82. The SMILES string of the molecule is Cc1nc(Nc2ccc(C)c(C)c2)cc(C(=O)N2CCCCCC2)n1. The minimum absolute atomic E-state index is 0.00976. The van der Waals surface area contributed by atoms with Gasteiger partial charge in [-0.1, -0.05) is 18.9 Å². The first kappa shape index (κ1) is 17.4. The van der Waals surface area contributed by atoms with Crippen molar-refractivity contribution in [1.82, 2.24) is 14.9 Å². The van der Waals surface area contributed by atoms with Gasteiger partial charge in [0.2, 0.25) is 0 Å². The number of carbonyl (C=O) groups excluding carboxylic acids is 1. The van der Waals surface area contributed by atoms with Crippen LogP contribution in [0.2, 0.25) is 0 Å². The first-order chi connectivity index (χ1) is 12.0. The third kappa shape index (κ3) is 4.35. The summed E-state index contributed by atoms with van der Waals surface area (Å²) in [6, 6.07) is 7.95. The lowest BCUT2D eigenvalue weighted by atomic mass is 10.1. The van der Waals surface area contributed by atoms with Gasteiger partial charge in [-0.05, 0) is 56.9 Å². The summed E-state index contributed by atoms with van der Waals surface area (Å²) in [6.07, 6.45) is 4.55. The summed E-state index contributed by atoms with van der Waals surface area (Å²) >= 11 is 0. The molecule has 3 rings (SSSR count). The van der Waals surface area contributed by atoms with Crippen molar-refractivity contribution >= 4 is 17.4 Å². The van der Waals surface area contributed by atoms with Crippen LogP contribution in [0.1, 0.15) is 53.1 Å². The molecule has 1 amide bonds. The first-order valence-electron chi connectivity index (χ1n) is 9.02. The van der Waals surface area contributed by atoms with E-state index in [9.17, 15) is 4.79 Å². The van der Waals surface area contributed by atoms with Crippen LogP contribution < -0.4 is 5.32 Å². The lowest BCUT2D eigenvalue weighted by molar-refractivity contribution is 0.0755. The average molecular weight is 338 g/mol. The van der Waals surface area contributed by atoms with Gasteiger partial charge in [-0.2, -0.15) is 0 Å². The number of carbonyl (C=O) groups is 1. The van der Waals surface area contributed by atoms with Crippen molar-refractivity contribution in [1.29, 1.82) is 0 Å². The number of rotatable bonds is 3. The number of nitrogens with one attached hydrogen (secondary N) is 1. The first-order valence-corrected chi connectivity index (χ1v) is 9.02. The zero-order valence-electron chi connectivity index (χ0n) is 15.3. The fourth-order valence-corrected chi connectivity index (χ4v) is 3.14. The van der Waals surface area contributed by atoms with Gasteiger partial charge >= 0.3 is 0 Å². The maximum Gasteiger partial charge on any atom is 0.272 e. The van der Waals surface area contributed by atoms with E-state index in [2.05, 4.69) is 41.3 Å². The molecule has 1 aromatic carbocycles. The van der Waals surface area contributed by atoms with Crippen molar-refractivity contribution in [2.45, 2.75) is 46.5 Å². The lowest BCUT2D eigenvalue weighted by Gasteiger charge is -2.20. The molecule has 1 fully saturated rings. The highest BCUT2D eigenvalue weighted by Crippen LogP contribution is 2.20. The molecular formula is C20H26N4O. The molecule has 0 radical (unpaired) electrons. The summed E-state index contributed by atoms with van der Waals surface area (Å²) < 4.78 is 0. The van der Waals surface area contributed by atoms with Crippen molar-refractivity contribution in [2.24, 2.45) is 0 Å². The number of amides is 1. The summed E-state index contributed by atoms with van der Waals surface area (Å²) in [7, 11) is 0. The van der Waals surface area contributed by atoms with Gasteiger partial charge in [-0.3, -0.25) is 4.79 Å². The number of likely N-dealkylation sites (tertiary alicyclic amines) is 1. The maximum atomic E-state index is 12.8. The van der Waals surface area contributed by atoms with Crippen LogP contribution in [0.4, 0.5) is 11.5 Å².